The van der Waals surface area contributed by atoms with Gasteiger partial charge in [0.15, 0.2) is 11.6 Å². The first-order valence-corrected chi connectivity index (χ1v) is 11.9. The summed E-state index contributed by atoms with van der Waals surface area (Å²) < 4.78 is 5.24. The molecule has 2 fully saturated rings. The number of Topliss-reactive ketones (excluding diaryl/α,β-unsaturated/α-hetero) is 2. The summed E-state index contributed by atoms with van der Waals surface area (Å²) in [6, 6.07) is 0. The summed E-state index contributed by atoms with van der Waals surface area (Å²) in [6.45, 7) is 7.85. The van der Waals surface area contributed by atoms with E-state index in [0.29, 0.717) is 11.8 Å². The molecule has 0 aromatic carbocycles. The van der Waals surface area contributed by atoms with Gasteiger partial charge in [0, 0.05) is 17.8 Å². The zero-order valence-corrected chi connectivity index (χ0v) is 19.6. The van der Waals surface area contributed by atoms with Crippen LogP contribution in [0.5, 0.6) is 0 Å². The van der Waals surface area contributed by atoms with Gasteiger partial charge in [-0.25, -0.2) is 0 Å². The molecule has 4 aliphatic carbocycles. The van der Waals surface area contributed by atoms with Gasteiger partial charge in [0.05, 0.1) is 6.42 Å². The van der Waals surface area contributed by atoms with E-state index in [1.165, 1.54) is 18.1 Å². The highest BCUT2D eigenvalue weighted by molar-refractivity contribution is 6.01. The van der Waals surface area contributed by atoms with Crippen LogP contribution in [0.4, 0.5) is 0 Å². The van der Waals surface area contributed by atoms with E-state index in [9.17, 15) is 19.2 Å². The monoisotopic (exact) mass is 438 g/mol. The van der Waals surface area contributed by atoms with Gasteiger partial charge in [0.2, 0.25) is 0 Å². The highest BCUT2D eigenvalue weighted by atomic mass is 16.5. The van der Waals surface area contributed by atoms with Crippen molar-refractivity contribution in [1.82, 2.24) is 0 Å². The number of hydrogen-bond acceptors (Lipinski definition) is 5. The first kappa shape index (κ1) is 22.9. The van der Waals surface area contributed by atoms with Crippen LogP contribution >= 0.6 is 0 Å². The van der Waals surface area contributed by atoms with Crippen LogP contribution < -0.4 is 0 Å². The molecule has 0 saturated heterocycles. The fourth-order valence-corrected chi connectivity index (χ4v) is 7.17. The second kappa shape index (κ2) is 8.24. The Morgan fingerprint density at radius 1 is 1.19 bits per heavy atom. The molecule has 0 amide bonds. The molecule has 5 nitrogen and oxygen atoms in total. The predicted molar refractivity (Wildman–Crippen MR) is 121 cm³/mol. The Morgan fingerprint density at radius 2 is 1.94 bits per heavy atom. The van der Waals surface area contributed by atoms with E-state index in [0.717, 1.165) is 25.7 Å². The number of hydrogen-bond donors (Lipinski definition) is 0. The third-order valence-corrected chi connectivity index (χ3v) is 8.69. The van der Waals surface area contributed by atoms with Gasteiger partial charge in [-0.2, -0.15) is 0 Å². The first-order valence-electron chi connectivity index (χ1n) is 11.9. The number of ether oxygens (including phenoxy) is 1. The Balaban J connectivity index is 1.52. The maximum atomic E-state index is 13.2. The summed E-state index contributed by atoms with van der Waals surface area (Å²) >= 11 is 0. The topological polar surface area (TPSA) is 77.5 Å². The highest BCUT2D eigenvalue weighted by Crippen LogP contribution is 2.65. The lowest BCUT2D eigenvalue weighted by Crippen LogP contribution is -2.45. The maximum Gasteiger partial charge on any atom is 0.306 e. The van der Waals surface area contributed by atoms with Gasteiger partial charge in [0.1, 0.15) is 12.4 Å². The molecule has 0 aliphatic heterocycles. The lowest BCUT2D eigenvalue weighted by molar-refractivity contribution is -0.151. The zero-order chi connectivity index (χ0) is 23.3. The van der Waals surface area contributed by atoms with Crippen molar-refractivity contribution < 1.29 is 23.9 Å². The summed E-state index contributed by atoms with van der Waals surface area (Å²) in [7, 11) is 0. The smallest absolute Gasteiger partial charge is 0.306 e. The van der Waals surface area contributed by atoms with Crippen molar-refractivity contribution in [1.29, 1.82) is 0 Å². The quantitative estimate of drug-likeness (QED) is 0.449. The van der Waals surface area contributed by atoms with E-state index in [1.54, 1.807) is 6.08 Å². The minimum Gasteiger partial charge on any atom is -0.458 e. The van der Waals surface area contributed by atoms with Crippen LogP contribution in [0, 0.1) is 34.5 Å². The number of carbonyl (C=O) groups excluding carboxylic acids is 4. The molecule has 0 bridgehead atoms. The van der Waals surface area contributed by atoms with Crippen LogP contribution in [0.3, 0.4) is 0 Å². The summed E-state index contributed by atoms with van der Waals surface area (Å²) in [6.07, 6.45) is 11.9. The minimum absolute atomic E-state index is 0.00119. The summed E-state index contributed by atoms with van der Waals surface area (Å²) in [5, 5.41) is 0. The van der Waals surface area contributed by atoms with Crippen molar-refractivity contribution in [3.63, 3.8) is 0 Å². The molecular formula is C27H34O5. The molecule has 0 aromatic rings. The van der Waals surface area contributed by atoms with E-state index in [4.69, 9.17) is 4.74 Å². The third kappa shape index (κ3) is 3.74. The molecular weight excluding hydrogens is 404 g/mol. The van der Waals surface area contributed by atoms with Crippen molar-refractivity contribution in [2.24, 2.45) is 34.5 Å². The van der Waals surface area contributed by atoms with E-state index >= 15 is 0 Å². The molecule has 5 heteroatoms. The van der Waals surface area contributed by atoms with Crippen molar-refractivity contribution in [3.05, 3.63) is 35.5 Å². The van der Waals surface area contributed by atoms with Crippen LogP contribution in [0.2, 0.25) is 0 Å². The van der Waals surface area contributed by atoms with Crippen molar-refractivity contribution in [2.75, 3.05) is 6.61 Å². The summed E-state index contributed by atoms with van der Waals surface area (Å²) in [4.78, 5) is 48.1. The van der Waals surface area contributed by atoms with Gasteiger partial charge in [0.25, 0.3) is 0 Å². The van der Waals surface area contributed by atoms with Gasteiger partial charge in [-0.1, -0.05) is 37.1 Å². The molecule has 2 saturated carbocycles. The number of rotatable bonds is 6. The molecule has 6 atom stereocenters. The second-order valence-corrected chi connectivity index (χ2v) is 10.7. The van der Waals surface area contributed by atoms with Gasteiger partial charge < -0.3 is 9.53 Å². The molecule has 32 heavy (non-hydrogen) atoms. The average molecular weight is 439 g/mol. The average Bonchev–Trinajstić information content (AvgIpc) is 3.01. The number of esters is 1. The molecule has 0 N–H and O–H groups in total. The lowest BCUT2D eigenvalue weighted by Gasteiger charge is -2.52. The summed E-state index contributed by atoms with van der Waals surface area (Å²) in [5.74, 6) is 0.445. The van der Waals surface area contributed by atoms with Crippen LogP contribution in [-0.2, 0) is 23.9 Å². The first-order chi connectivity index (χ1) is 15.1. The largest absolute Gasteiger partial charge is 0.458 e. The zero-order valence-electron chi connectivity index (χ0n) is 19.6. The standard InChI is InChI=1S/C27H34O5/c1-16-13-22-20-7-6-18-14-19(29)9-11-26(18,3)21(20)10-12-27(22,4)25(16)23(30)15-32-24(31)8-5-17(2)28/h9-11,14,16,20,22,25H,5-8,12-13,15H2,1-4H3/t16-,20?,22?,25+,26-,27-/m0/s1. The van der Waals surface area contributed by atoms with Gasteiger partial charge in [-0.15, -0.1) is 0 Å². The maximum absolute atomic E-state index is 13.2. The molecule has 4 rings (SSSR count). The molecule has 0 spiro atoms. The Kier molecular flexibility index (Phi) is 5.89. The molecule has 4 aliphatic rings. The van der Waals surface area contributed by atoms with E-state index in [-0.39, 0.29) is 59.5 Å². The number of allylic oxidation sites excluding steroid dienone is 6. The molecule has 0 heterocycles. The molecule has 0 radical (unpaired) electrons. The fraction of sp³-hybridized carbons (Fsp3) is 0.630. The van der Waals surface area contributed by atoms with E-state index in [1.807, 2.05) is 6.08 Å². The number of ketones is 3. The van der Waals surface area contributed by atoms with Crippen molar-refractivity contribution >= 4 is 23.3 Å². The van der Waals surface area contributed by atoms with E-state index < -0.39 is 5.97 Å². The van der Waals surface area contributed by atoms with Crippen LogP contribution in [-0.4, -0.2) is 29.9 Å². The lowest BCUT2D eigenvalue weighted by atomic mass is 9.52. The van der Waals surface area contributed by atoms with Crippen LogP contribution in [0.15, 0.2) is 35.5 Å². The SMILES string of the molecule is CC(=O)CCC(=O)OCC(=O)[C@H]1[C@@H](C)CC2C3CCC4=CC(=O)C=C[C@]4(C)C3=CC[C@@]21C. The van der Waals surface area contributed by atoms with Gasteiger partial charge >= 0.3 is 5.97 Å². The number of fused-ring (bicyclic) bond motifs is 5. The molecule has 172 valence electrons. The van der Waals surface area contributed by atoms with Crippen LogP contribution in [0.25, 0.3) is 0 Å². The van der Waals surface area contributed by atoms with Gasteiger partial charge in [-0.05, 0) is 74.9 Å². The van der Waals surface area contributed by atoms with E-state index in [2.05, 4.69) is 32.9 Å². The summed E-state index contributed by atoms with van der Waals surface area (Å²) in [5.41, 5.74) is 2.29. The molecule has 2 unspecified atom stereocenters. The fourth-order valence-electron chi connectivity index (χ4n) is 7.17. The number of carbonyl (C=O) groups is 4. The highest BCUT2D eigenvalue weighted by Gasteiger charge is 2.59. The Hall–Kier alpha value is -2.30. The Labute approximate surface area is 190 Å². The Morgan fingerprint density at radius 3 is 2.66 bits per heavy atom. The predicted octanol–water partition coefficient (Wildman–Crippen LogP) is 4.56. The van der Waals surface area contributed by atoms with Crippen LogP contribution in [0.1, 0.15) is 66.2 Å². The Bertz CT molecular complexity index is 953. The van der Waals surface area contributed by atoms with Crippen molar-refractivity contribution in [3.8, 4) is 0 Å². The second-order valence-electron chi connectivity index (χ2n) is 10.7. The van der Waals surface area contributed by atoms with Crippen molar-refractivity contribution in [2.45, 2.75) is 66.2 Å². The minimum atomic E-state index is -0.482. The normalized spacial score (nSPS) is 37.6. The van der Waals surface area contributed by atoms with Gasteiger partial charge in [-0.3, -0.25) is 14.4 Å². The third-order valence-electron chi connectivity index (χ3n) is 8.69. The molecule has 0 aromatic heterocycles.